The van der Waals surface area contributed by atoms with Crippen LogP contribution < -0.4 is 11.3 Å². The van der Waals surface area contributed by atoms with Crippen molar-refractivity contribution >= 4 is 11.6 Å². The van der Waals surface area contributed by atoms with Crippen LogP contribution in [-0.2, 0) is 13.0 Å². The van der Waals surface area contributed by atoms with Crippen molar-refractivity contribution in [2.75, 3.05) is 0 Å². The van der Waals surface area contributed by atoms with Crippen LogP contribution in [0.2, 0.25) is 5.02 Å². The van der Waals surface area contributed by atoms with Crippen LogP contribution in [0.1, 0.15) is 30.6 Å². The van der Waals surface area contributed by atoms with Gasteiger partial charge in [-0.1, -0.05) is 30.7 Å². The highest BCUT2D eigenvalue weighted by atomic mass is 35.5. The minimum absolute atomic E-state index is 0.176. The SMILES string of the molecule is CCCn1ncc(Cl)c1C(Cc1cccc(F)c1F)NN. The van der Waals surface area contributed by atoms with Gasteiger partial charge in [-0.3, -0.25) is 16.0 Å². The van der Waals surface area contributed by atoms with Crippen LogP contribution in [0, 0.1) is 11.6 Å². The molecule has 2 rings (SSSR count). The summed E-state index contributed by atoms with van der Waals surface area (Å²) in [6.07, 6.45) is 2.57. The summed E-state index contributed by atoms with van der Waals surface area (Å²) in [4.78, 5) is 0. The smallest absolute Gasteiger partial charge is 0.162 e. The molecule has 0 radical (unpaired) electrons. The summed E-state index contributed by atoms with van der Waals surface area (Å²) in [6, 6.07) is 3.62. The maximum absolute atomic E-state index is 13.8. The molecule has 21 heavy (non-hydrogen) atoms. The van der Waals surface area contributed by atoms with Crippen molar-refractivity contribution in [3.8, 4) is 0 Å². The summed E-state index contributed by atoms with van der Waals surface area (Å²) < 4.78 is 28.8. The molecule has 1 atom stereocenters. The first kappa shape index (κ1) is 15.9. The van der Waals surface area contributed by atoms with Crippen molar-refractivity contribution in [1.82, 2.24) is 15.2 Å². The van der Waals surface area contributed by atoms with E-state index in [1.165, 1.54) is 18.3 Å². The Morgan fingerprint density at radius 1 is 1.43 bits per heavy atom. The number of hydrogen-bond acceptors (Lipinski definition) is 3. The normalized spacial score (nSPS) is 12.6. The average Bonchev–Trinajstić information content (AvgIpc) is 2.82. The van der Waals surface area contributed by atoms with E-state index in [1.54, 1.807) is 4.68 Å². The van der Waals surface area contributed by atoms with E-state index >= 15 is 0 Å². The van der Waals surface area contributed by atoms with Crippen molar-refractivity contribution in [2.45, 2.75) is 32.4 Å². The van der Waals surface area contributed by atoms with Crippen LogP contribution in [0.5, 0.6) is 0 Å². The fraction of sp³-hybridized carbons (Fsp3) is 0.357. The third kappa shape index (κ3) is 3.40. The lowest BCUT2D eigenvalue weighted by Crippen LogP contribution is -2.32. The van der Waals surface area contributed by atoms with E-state index < -0.39 is 17.7 Å². The fourth-order valence-corrected chi connectivity index (χ4v) is 2.54. The zero-order chi connectivity index (χ0) is 15.4. The molecule has 114 valence electrons. The molecule has 2 aromatic rings. The molecule has 1 aromatic carbocycles. The van der Waals surface area contributed by atoms with Gasteiger partial charge in [0.15, 0.2) is 11.6 Å². The van der Waals surface area contributed by atoms with Crippen molar-refractivity contribution in [1.29, 1.82) is 0 Å². The standard InChI is InChI=1S/C14H17ClF2N4/c1-2-6-21-14(10(15)8-19-21)12(20-18)7-9-4-3-5-11(16)13(9)17/h3-5,8,12,20H,2,6-7,18H2,1H3. The third-order valence-electron chi connectivity index (χ3n) is 3.26. The van der Waals surface area contributed by atoms with Gasteiger partial charge in [-0.25, -0.2) is 8.78 Å². The number of hydrazine groups is 1. The zero-order valence-electron chi connectivity index (χ0n) is 11.6. The van der Waals surface area contributed by atoms with Gasteiger partial charge in [0.1, 0.15) is 0 Å². The van der Waals surface area contributed by atoms with Crippen LogP contribution in [0.4, 0.5) is 8.78 Å². The van der Waals surface area contributed by atoms with Gasteiger partial charge >= 0.3 is 0 Å². The molecular weight excluding hydrogens is 298 g/mol. The number of nitrogens with two attached hydrogens (primary N) is 1. The van der Waals surface area contributed by atoms with E-state index in [4.69, 9.17) is 17.4 Å². The summed E-state index contributed by atoms with van der Waals surface area (Å²) in [7, 11) is 0. The number of hydrogen-bond donors (Lipinski definition) is 2. The Labute approximate surface area is 126 Å². The quantitative estimate of drug-likeness (QED) is 0.636. The summed E-state index contributed by atoms with van der Waals surface area (Å²) in [5.41, 5.74) is 3.51. The molecule has 0 aliphatic rings. The van der Waals surface area contributed by atoms with Gasteiger partial charge in [0.05, 0.1) is 23.0 Å². The fourth-order valence-electron chi connectivity index (χ4n) is 2.27. The van der Waals surface area contributed by atoms with Gasteiger partial charge in [0.2, 0.25) is 0 Å². The summed E-state index contributed by atoms with van der Waals surface area (Å²) in [5, 5.41) is 4.62. The average molecular weight is 315 g/mol. The lowest BCUT2D eigenvalue weighted by molar-refractivity contribution is 0.457. The molecule has 0 saturated heterocycles. The highest BCUT2D eigenvalue weighted by Gasteiger charge is 2.21. The molecule has 4 nitrogen and oxygen atoms in total. The molecule has 0 aliphatic carbocycles. The van der Waals surface area contributed by atoms with Crippen molar-refractivity contribution in [3.05, 3.63) is 52.3 Å². The Morgan fingerprint density at radius 3 is 2.86 bits per heavy atom. The van der Waals surface area contributed by atoms with E-state index in [1.807, 2.05) is 6.92 Å². The lowest BCUT2D eigenvalue weighted by atomic mass is 10.0. The van der Waals surface area contributed by atoms with Crippen LogP contribution in [0.25, 0.3) is 0 Å². The Bertz CT molecular complexity index is 615. The number of halogens is 3. The lowest BCUT2D eigenvalue weighted by Gasteiger charge is -2.18. The van der Waals surface area contributed by atoms with Gasteiger partial charge in [0, 0.05) is 6.54 Å². The molecule has 1 aromatic heterocycles. The highest BCUT2D eigenvalue weighted by Crippen LogP contribution is 2.26. The van der Waals surface area contributed by atoms with Crippen molar-refractivity contribution < 1.29 is 8.78 Å². The molecule has 3 N–H and O–H groups in total. The number of aryl methyl sites for hydroxylation is 1. The summed E-state index contributed by atoms with van der Waals surface area (Å²) in [6.45, 7) is 2.68. The molecule has 1 heterocycles. The van der Waals surface area contributed by atoms with Gasteiger partial charge in [-0.2, -0.15) is 5.10 Å². The first-order valence-corrected chi connectivity index (χ1v) is 7.06. The largest absolute Gasteiger partial charge is 0.271 e. The molecule has 0 fully saturated rings. The Kier molecular flexibility index (Phi) is 5.27. The molecular formula is C14H17ClF2N4. The van der Waals surface area contributed by atoms with E-state index in [9.17, 15) is 8.78 Å². The number of benzene rings is 1. The second-order valence-corrected chi connectivity index (χ2v) is 5.14. The van der Waals surface area contributed by atoms with E-state index in [0.29, 0.717) is 17.3 Å². The van der Waals surface area contributed by atoms with Crippen LogP contribution >= 0.6 is 11.6 Å². The second-order valence-electron chi connectivity index (χ2n) is 4.74. The highest BCUT2D eigenvalue weighted by molar-refractivity contribution is 6.31. The monoisotopic (exact) mass is 314 g/mol. The first-order chi connectivity index (χ1) is 10.1. The maximum Gasteiger partial charge on any atom is 0.162 e. The minimum Gasteiger partial charge on any atom is -0.271 e. The van der Waals surface area contributed by atoms with Gasteiger partial charge in [-0.15, -0.1) is 0 Å². The summed E-state index contributed by atoms with van der Waals surface area (Å²) in [5.74, 6) is 3.82. The maximum atomic E-state index is 13.8. The van der Waals surface area contributed by atoms with Crippen LogP contribution in [-0.4, -0.2) is 9.78 Å². The number of nitrogens with zero attached hydrogens (tertiary/aromatic N) is 2. The topological polar surface area (TPSA) is 55.9 Å². The Hall–Kier alpha value is -1.50. The van der Waals surface area contributed by atoms with Crippen molar-refractivity contribution in [2.24, 2.45) is 5.84 Å². The van der Waals surface area contributed by atoms with E-state index in [0.717, 1.165) is 12.5 Å². The molecule has 0 bridgehead atoms. The van der Waals surface area contributed by atoms with E-state index in [2.05, 4.69) is 10.5 Å². The molecule has 0 saturated carbocycles. The Balaban J connectivity index is 2.32. The van der Waals surface area contributed by atoms with E-state index in [-0.39, 0.29) is 12.0 Å². The predicted molar refractivity (Wildman–Crippen MR) is 77.7 cm³/mol. The van der Waals surface area contributed by atoms with Gasteiger partial charge < -0.3 is 0 Å². The number of rotatable bonds is 6. The summed E-state index contributed by atoms with van der Waals surface area (Å²) >= 11 is 6.14. The van der Waals surface area contributed by atoms with Crippen molar-refractivity contribution in [3.63, 3.8) is 0 Å². The third-order valence-corrected chi connectivity index (χ3v) is 3.55. The van der Waals surface area contributed by atoms with Crippen LogP contribution in [0.15, 0.2) is 24.4 Å². The Morgan fingerprint density at radius 2 is 2.19 bits per heavy atom. The molecule has 0 spiro atoms. The van der Waals surface area contributed by atoms with Gasteiger partial charge in [-0.05, 0) is 24.5 Å². The molecule has 0 aliphatic heterocycles. The number of nitrogens with one attached hydrogen (secondary N) is 1. The molecule has 1 unspecified atom stereocenters. The zero-order valence-corrected chi connectivity index (χ0v) is 12.4. The molecule has 0 amide bonds. The first-order valence-electron chi connectivity index (χ1n) is 6.68. The van der Waals surface area contributed by atoms with Gasteiger partial charge in [0.25, 0.3) is 0 Å². The second kappa shape index (κ2) is 6.98. The number of aromatic nitrogens is 2. The minimum atomic E-state index is -0.878. The molecule has 7 heteroatoms. The van der Waals surface area contributed by atoms with Crippen LogP contribution in [0.3, 0.4) is 0 Å². The predicted octanol–water partition coefficient (Wildman–Crippen LogP) is 2.97.